The molecule has 120 valence electrons. The highest BCUT2D eigenvalue weighted by atomic mass is 32.2. The number of carbonyl (C=O) groups excluding carboxylic acids is 1. The Morgan fingerprint density at radius 3 is 2.76 bits per heavy atom. The fourth-order valence-electron chi connectivity index (χ4n) is 1.41. The normalized spacial score (nSPS) is 11.5. The largest absolute Gasteiger partial charge is 0.383 e. The zero-order valence-electron chi connectivity index (χ0n) is 12.1. The van der Waals surface area contributed by atoms with Crippen LogP contribution in [0.15, 0.2) is 17.6 Å². The summed E-state index contributed by atoms with van der Waals surface area (Å²) < 4.78 is 32.2. The summed E-state index contributed by atoms with van der Waals surface area (Å²) in [4.78, 5) is 15.2. The van der Waals surface area contributed by atoms with E-state index < -0.39 is 15.9 Å². The third-order valence-electron chi connectivity index (χ3n) is 2.49. The van der Waals surface area contributed by atoms with Crippen LogP contribution in [-0.2, 0) is 26.6 Å². The summed E-state index contributed by atoms with van der Waals surface area (Å²) in [5.41, 5.74) is 0. The van der Waals surface area contributed by atoms with Crippen LogP contribution >= 0.6 is 0 Å². The van der Waals surface area contributed by atoms with Crippen LogP contribution in [0, 0.1) is 0 Å². The van der Waals surface area contributed by atoms with Gasteiger partial charge < -0.3 is 19.9 Å². The van der Waals surface area contributed by atoms with Gasteiger partial charge in [0.1, 0.15) is 0 Å². The number of ether oxygens (including phenoxy) is 1. The van der Waals surface area contributed by atoms with Crippen molar-refractivity contribution in [2.24, 2.45) is 7.05 Å². The summed E-state index contributed by atoms with van der Waals surface area (Å²) >= 11 is 0. The molecular formula is C11H21N5O4S. The quantitative estimate of drug-likeness (QED) is 0.432. The first-order valence-electron chi connectivity index (χ1n) is 6.39. The topological polar surface area (TPSA) is 114 Å². The molecule has 0 spiro atoms. The number of imidazole rings is 1. The Labute approximate surface area is 124 Å². The van der Waals surface area contributed by atoms with E-state index in [1.54, 1.807) is 14.2 Å². The molecule has 3 N–H and O–H groups in total. The molecule has 0 radical (unpaired) electrons. The van der Waals surface area contributed by atoms with E-state index >= 15 is 0 Å². The Balaban J connectivity index is 2.23. The standard InChI is InChI=1S/C11H21N5O4S/c1-16-8-11(14-9-16)21(18,19)15-7-10(17)13-4-3-12-5-6-20-2/h8-9,12,15H,3-7H2,1-2H3,(H,13,17). The van der Waals surface area contributed by atoms with Crippen molar-refractivity contribution in [2.45, 2.75) is 5.03 Å². The van der Waals surface area contributed by atoms with Crippen molar-refractivity contribution in [2.75, 3.05) is 39.9 Å². The molecule has 0 aliphatic carbocycles. The first-order valence-corrected chi connectivity index (χ1v) is 7.88. The molecule has 1 heterocycles. The fourth-order valence-corrected chi connectivity index (χ4v) is 2.37. The maximum absolute atomic E-state index is 11.8. The van der Waals surface area contributed by atoms with Gasteiger partial charge in [0.05, 0.1) is 19.5 Å². The molecule has 1 amide bonds. The number of sulfonamides is 1. The Morgan fingerprint density at radius 2 is 2.14 bits per heavy atom. The number of nitrogens with zero attached hydrogens (tertiary/aromatic N) is 2. The number of rotatable bonds is 10. The molecule has 0 atom stereocenters. The lowest BCUT2D eigenvalue weighted by Crippen LogP contribution is -2.40. The lowest BCUT2D eigenvalue weighted by molar-refractivity contribution is -0.119. The lowest BCUT2D eigenvalue weighted by Gasteiger charge is -2.07. The second kappa shape index (κ2) is 8.72. The van der Waals surface area contributed by atoms with Crippen LogP contribution in [0.3, 0.4) is 0 Å². The third-order valence-corrected chi connectivity index (χ3v) is 3.77. The summed E-state index contributed by atoms with van der Waals surface area (Å²) in [6.45, 7) is 1.96. The summed E-state index contributed by atoms with van der Waals surface area (Å²) in [6.07, 6.45) is 2.74. The third kappa shape index (κ3) is 6.67. The molecule has 0 bridgehead atoms. The smallest absolute Gasteiger partial charge is 0.260 e. The van der Waals surface area contributed by atoms with E-state index in [2.05, 4.69) is 20.3 Å². The van der Waals surface area contributed by atoms with E-state index in [4.69, 9.17) is 4.74 Å². The summed E-state index contributed by atoms with van der Waals surface area (Å²) in [5.74, 6) is -0.400. The van der Waals surface area contributed by atoms with Crippen molar-refractivity contribution in [3.63, 3.8) is 0 Å². The Hall–Kier alpha value is -1.49. The predicted octanol–water partition coefficient (Wildman–Crippen LogP) is -1.95. The Morgan fingerprint density at radius 1 is 1.38 bits per heavy atom. The number of hydrogen-bond donors (Lipinski definition) is 3. The SMILES string of the molecule is COCCNCCNC(=O)CNS(=O)(=O)c1cn(C)cn1. The number of amides is 1. The Kier molecular flexibility index (Phi) is 7.29. The molecule has 0 aliphatic heterocycles. The van der Waals surface area contributed by atoms with E-state index in [9.17, 15) is 13.2 Å². The zero-order chi connectivity index (χ0) is 15.7. The van der Waals surface area contributed by atoms with E-state index in [1.165, 1.54) is 17.1 Å². The highest BCUT2D eigenvalue weighted by molar-refractivity contribution is 7.89. The van der Waals surface area contributed by atoms with Gasteiger partial charge >= 0.3 is 0 Å². The molecule has 0 aromatic carbocycles. The van der Waals surface area contributed by atoms with Gasteiger partial charge in [0.25, 0.3) is 10.0 Å². The van der Waals surface area contributed by atoms with Gasteiger partial charge in [-0.2, -0.15) is 0 Å². The van der Waals surface area contributed by atoms with Crippen LogP contribution in [0.1, 0.15) is 0 Å². The number of carbonyl (C=O) groups is 1. The highest BCUT2D eigenvalue weighted by Crippen LogP contribution is 2.02. The molecule has 1 rings (SSSR count). The van der Waals surface area contributed by atoms with Gasteiger partial charge in [-0.05, 0) is 0 Å². The molecule has 10 heteroatoms. The van der Waals surface area contributed by atoms with Crippen LogP contribution in [-0.4, -0.2) is 63.8 Å². The fraction of sp³-hybridized carbons (Fsp3) is 0.636. The highest BCUT2D eigenvalue weighted by Gasteiger charge is 2.17. The van der Waals surface area contributed by atoms with Crippen molar-refractivity contribution in [3.8, 4) is 0 Å². The molecule has 1 aromatic heterocycles. The number of nitrogens with one attached hydrogen (secondary N) is 3. The second-order valence-corrected chi connectivity index (χ2v) is 6.01. The molecule has 21 heavy (non-hydrogen) atoms. The van der Waals surface area contributed by atoms with Gasteiger partial charge in [-0.3, -0.25) is 4.79 Å². The monoisotopic (exact) mass is 319 g/mol. The molecule has 0 saturated heterocycles. The van der Waals surface area contributed by atoms with E-state index in [0.29, 0.717) is 26.2 Å². The van der Waals surface area contributed by atoms with Crippen LogP contribution in [0.5, 0.6) is 0 Å². The number of aryl methyl sites for hydroxylation is 1. The zero-order valence-corrected chi connectivity index (χ0v) is 12.9. The Bertz CT molecular complexity index is 543. The molecule has 1 aromatic rings. The molecule has 9 nitrogen and oxygen atoms in total. The molecule has 0 unspecified atom stereocenters. The minimum atomic E-state index is -3.75. The van der Waals surface area contributed by atoms with Crippen molar-refractivity contribution in [1.82, 2.24) is 24.9 Å². The average Bonchev–Trinajstić information content (AvgIpc) is 2.88. The van der Waals surface area contributed by atoms with Crippen LogP contribution in [0.25, 0.3) is 0 Å². The van der Waals surface area contributed by atoms with Gasteiger partial charge in [-0.1, -0.05) is 0 Å². The molecule has 0 saturated carbocycles. The van der Waals surface area contributed by atoms with Crippen LogP contribution < -0.4 is 15.4 Å². The first-order chi connectivity index (χ1) is 9.95. The summed E-state index contributed by atoms with van der Waals surface area (Å²) in [5, 5.41) is 5.53. The van der Waals surface area contributed by atoms with Crippen molar-refractivity contribution in [3.05, 3.63) is 12.5 Å². The summed E-state index contributed by atoms with van der Waals surface area (Å²) in [6, 6.07) is 0. The van der Waals surface area contributed by atoms with E-state index in [0.717, 1.165) is 0 Å². The van der Waals surface area contributed by atoms with Gasteiger partial charge in [-0.15, -0.1) is 0 Å². The van der Waals surface area contributed by atoms with Crippen molar-refractivity contribution in [1.29, 1.82) is 0 Å². The summed E-state index contributed by atoms with van der Waals surface area (Å²) in [7, 11) is -0.482. The van der Waals surface area contributed by atoms with Crippen molar-refractivity contribution < 1.29 is 17.9 Å². The molecule has 0 fully saturated rings. The second-order valence-electron chi connectivity index (χ2n) is 4.29. The predicted molar refractivity (Wildman–Crippen MR) is 76.2 cm³/mol. The van der Waals surface area contributed by atoms with Crippen LogP contribution in [0.4, 0.5) is 0 Å². The lowest BCUT2D eigenvalue weighted by atomic mass is 10.5. The minimum absolute atomic E-state index is 0.112. The van der Waals surface area contributed by atoms with Crippen LogP contribution in [0.2, 0.25) is 0 Å². The van der Waals surface area contributed by atoms with E-state index in [1.807, 2.05) is 0 Å². The number of hydrogen-bond acceptors (Lipinski definition) is 6. The van der Waals surface area contributed by atoms with Gasteiger partial charge in [0, 0.05) is 40.0 Å². The van der Waals surface area contributed by atoms with E-state index in [-0.39, 0.29) is 11.6 Å². The maximum atomic E-state index is 11.8. The number of aromatic nitrogens is 2. The molecule has 0 aliphatic rings. The van der Waals surface area contributed by atoms with Gasteiger partial charge in [-0.25, -0.2) is 18.1 Å². The maximum Gasteiger partial charge on any atom is 0.260 e. The molecular weight excluding hydrogens is 298 g/mol. The van der Waals surface area contributed by atoms with Gasteiger partial charge in [0.15, 0.2) is 5.03 Å². The number of methoxy groups -OCH3 is 1. The average molecular weight is 319 g/mol. The first kappa shape index (κ1) is 17.6. The van der Waals surface area contributed by atoms with Gasteiger partial charge in [0.2, 0.25) is 5.91 Å². The minimum Gasteiger partial charge on any atom is -0.383 e. The van der Waals surface area contributed by atoms with Crippen molar-refractivity contribution >= 4 is 15.9 Å².